The van der Waals surface area contributed by atoms with Crippen LogP contribution in [0.3, 0.4) is 0 Å². The molecule has 0 aliphatic rings. The second kappa shape index (κ2) is 9.20. The van der Waals surface area contributed by atoms with Gasteiger partial charge < -0.3 is 9.47 Å². The molecule has 27 heavy (non-hydrogen) atoms. The molecular weight excluding hydrogens is 353 g/mol. The Labute approximate surface area is 155 Å². The number of hydrogen-bond donors (Lipinski definition) is 2. The van der Waals surface area contributed by atoms with Crippen LogP contribution in [-0.2, 0) is 9.59 Å². The summed E-state index contributed by atoms with van der Waals surface area (Å²) < 4.78 is 24.2. The van der Waals surface area contributed by atoms with E-state index in [-0.39, 0.29) is 5.75 Å². The molecule has 0 fully saturated rings. The fourth-order valence-corrected chi connectivity index (χ4v) is 1.98. The van der Waals surface area contributed by atoms with E-state index in [0.717, 1.165) is 0 Å². The first-order valence-corrected chi connectivity index (χ1v) is 8.08. The maximum absolute atomic E-state index is 13.5. The van der Waals surface area contributed by atoms with Crippen LogP contribution < -0.4 is 20.3 Å². The van der Waals surface area contributed by atoms with E-state index in [1.807, 2.05) is 6.07 Å². The van der Waals surface area contributed by atoms with Crippen molar-refractivity contribution in [2.24, 2.45) is 0 Å². The molecule has 2 rings (SSSR count). The normalized spacial score (nSPS) is 12.2. The zero-order chi connectivity index (χ0) is 19.8. The van der Waals surface area contributed by atoms with Crippen molar-refractivity contribution in [3.05, 3.63) is 59.9 Å². The first-order valence-electron chi connectivity index (χ1n) is 8.08. The van der Waals surface area contributed by atoms with Gasteiger partial charge in [0.2, 0.25) is 0 Å². The summed E-state index contributed by atoms with van der Waals surface area (Å²) in [4.78, 5) is 24.0. The molecule has 0 heterocycles. The third-order valence-corrected chi connectivity index (χ3v) is 3.48. The Kier molecular flexibility index (Phi) is 6.72. The van der Waals surface area contributed by atoms with Gasteiger partial charge in [-0.3, -0.25) is 20.4 Å². The van der Waals surface area contributed by atoms with E-state index in [2.05, 4.69) is 10.9 Å². The van der Waals surface area contributed by atoms with Gasteiger partial charge in [-0.05, 0) is 50.2 Å². The van der Waals surface area contributed by atoms with Crippen LogP contribution in [-0.4, -0.2) is 24.0 Å². The van der Waals surface area contributed by atoms with Crippen LogP contribution in [0.2, 0.25) is 0 Å². The third kappa shape index (κ3) is 5.71. The summed E-state index contributed by atoms with van der Waals surface area (Å²) in [6.07, 6.45) is -1.93. The summed E-state index contributed by atoms with van der Waals surface area (Å²) in [7, 11) is 0. The van der Waals surface area contributed by atoms with E-state index in [0.29, 0.717) is 11.3 Å². The summed E-state index contributed by atoms with van der Waals surface area (Å²) in [5, 5.41) is 8.75. The van der Waals surface area contributed by atoms with Crippen molar-refractivity contribution in [2.45, 2.75) is 26.1 Å². The number of benzene rings is 2. The first kappa shape index (κ1) is 19.7. The highest BCUT2D eigenvalue weighted by molar-refractivity contribution is 5.86. The van der Waals surface area contributed by atoms with Crippen LogP contribution in [0.15, 0.2) is 48.5 Å². The zero-order valence-electron chi connectivity index (χ0n) is 14.7. The SMILES string of the molecule is C[C@@H](Oc1ccc(C#N)cc1)C(=O)NNC(=O)[C@@H](C)Oc1ccccc1F. The van der Waals surface area contributed by atoms with E-state index in [1.54, 1.807) is 30.3 Å². The second-order valence-electron chi connectivity index (χ2n) is 5.57. The summed E-state index contributed by atoms with van der Waals surface area (Å²) >= 11 is 0. The van der Waals surface area contributed by atoms with Crippen molar-refractivity contribution in [1.82, 2.24) is 10.9 Å². The van der Waals surface area contributed by atoms with Gasteiger partial charge in [0.05, 0.1) is 11.6 Å². The molecule has 0 aliphatic carbocycles. The fourth-order valence-electron chi connectivity index (χ4n) is 1.98. The van der Waals surface area contributed by atoms with Gasteiger partial charge in [-0.1, -0.05) is 12.1 Å². The van der Waals surface area contributed by atoms with E-state index in [4.69, 9.17) is 14.7 Å². The summed E-state index contributed by atoms with van der Waals surface area (Å²) in [6, 6.07) is 13.9. The van der Waals surface area contributed by atoms with Gasteiger partial charge in [0, 0.05) is 0 Å². The molecule has 0 aromatic heterocycles. The van der Waals surface area contributed by atoms with Gasteiger partial charge in [0.25, 0.3) is 11.8 Å². The molecule has 7 nitrogen and oxygen atoms in total. The lowest BCUT2D eigenvalue weighted by Crippen LogP contribution is -2.50. The van der Waals surface area contributed by atoms with Gasteiger partial charge in [0.15, 0.2) is 23.8 Å². The van der Waals surface area contributed by atoms with Gasteiger partial charge in [-0.2, -0.15) is 5.26 Å². The zero-order valence-corrected chi connectivity index (χ0v) is 14.7. The largest absolute Gasteiger partial charge is 0.481 e. The molecule has 2 aromatic rings. The maximum atomic E-state index is 13.5. The minimum absolute atomic E-state index is 0.0657. The van der Waals surface area contributed by atoms with E-state index in [9.17, 15) is 14.0 Å². The van der Waals surface area contributed by atoms with E-state index >= 15 is 0 Å². The number of halogens is 1. The highest BCUT2D eigenvalue weighted by atomic mass is 19.1. The van der Waals surface area contributed by atoms with Gasteiger partial charge in [0.1, 0.15) is 5.75 Å². The highest BCUT2D eigenvalue weighted by Gasteiger charge is 2.19. The molecule has 0 radical (unpaired) electrons. The Morgan fingerprint density at radius 1 is 0.963 bits per heavy atom. The predicted octanol–water partition coefficient (Wildman–Crippen LogP) is 2.08. The predicted molar refractivity (Wildman–Crippen MR) is 94.0 cm³/mol. The number of nitriles is 1. The van der Waals surface area contributed by atoms with Crippen molar-refractivity contribution in [3.63, 3.8) is 0 Å². The number of ether oxygens (including phenoxy) is 2. The van der Waals surface area contributed by atoms with Crippen molar-refractivity contribution in [2.75, 3.05) is 0 Å². The minimum Gasteiger partial charge on any atom is -0.481 e. The average Bonchev–Trinajstić information content (AvgIpc) is 2.68. The summed E-state index contributed by atoms with van der Waals surface area (Å²) in [6.45, 7) is 2.92. The van der Waals surface area contributed by atoms with Crippen molar-refractivity contribution < 1.29 is 23.5 Å². The molecule has 0 saturated heterocycles. The van der Waals surface area contributed by atoms with Crippen molar-refractivity contribution >= 4 is 11.8 Å². The number of carbonyl (C=O) groups excluding carboxylic acids is 2. The molecule has 0 aliphatic heterocycles. The molecule has 8 heteroatoms. The van der Waals surface area contributed by atoms with Crippen molar-refractivity contribution in [3.8, 4) is 17.6 Å². The third-order valence-electron chi connectivity index (χ3n) is 3.48. The lowest BCUT2D eigenvalue weighted by atomic mass is 10.2. The Morgan fingerprint density at radius 3 is 2.07 bits per heavy atom. The number of hydrogen-bond acceptors (Lipinski definition) is 5. The Bertz CT molecular complexity index is 849. The second-order valence-corrected chi connectivity index (χ2v) is 5.57. The monoisotopic (exact) mass is 371 g/mol. The number of rotatable bonds is 6. The Balaban J connectivity index is 1.81. The van der Waals surface area contributed by atoms with Crippen LogP contribution in [0.25, 0.3) is 0 Å². The van der Waals surface area contributed by atoms with Crippen LogP contribution in [0.1, 0.15) is 19.4 Å². The molecule has 0 spiro atoms. The summed E-state index contributed by atoms with van der Waals surface area (Å²) in [5.74, 6) is -1.50. The highest BCUT2D eigenvalue weighted by Crippen LogP contribution is 2.17. The number of para-hydroxylation sites is 1. The number of carbonyl (C=O) groups is 2. The van der Waals surface area contributed by atoms with Crippen LogP contribution in [0, 0.1) is 17.1 Å². The molecule has 0 bridgehead atoms. The number of hydrazine groups is 1. The number of amides is 2. The van der Waals surface area contributed by atoms with Crippen LogP contribution >= 0.6 is 0 Å². The Morgan fingerprint density at radius 2 is 1.52 bits per heavy atom. The number of nitrogens with zero attached hydrogens (tertiary/aromatic N) is 1. The van der Waals surface area contributed by atoms with E-state index in [1.165, 1.54) is 32.0 Å². The smallest absolute Gasteiger partial charge is 0.279 e. The van der Waals surface area contributed by atoms with Gasteiger partial charge in [-0.15, -0.1) is 0 Å². The first-order chi connectivity index (χ1) is 12.9. The van der Waals surface area contributed by atoms with Crippen LogP contribution in [0.4, 0.5) is 4.39 Å². The van der Waals surface area contributed by atoms with Crippen LogP contribution in [0.5, 0.6) is 11.5 Å². The molecule has 2 aromatic carbocycles. The standard InChI is InChI=1S/C19H18FN3O4/c1-12(26-15-9-7-14(11-21)8-10-15)18(24)22-23-19(25)13(2)27-17-6-4-3-5-16(17)20/h3-10,12-13H,1-2H3,(H,22,24)(H,23,25)/t12-,13-/m1/s1. The molecule has 0 unspecified atom stereocenters. The molecule has 2 atom stereocenters. The molecule has 2 N–H and O–H groups in total. The molecular formula is C19H18FN3O4. The fraction of sp³-hybridized carbons (Fsp3) is 0.211. The lowest BCUT2D eigenvalue weighted by molar-refractivity contribution is -0.135. The molecule has 140 valence electrons. The maximum Gasteiger partial charge on any atom is 0.279 e. The molecule has 0 saturated carbocycles. The van der Waals surface area contributed by atoms with E-state index < -0.39 is 29.8 Å². The average molecular weight is 371 g/mol. The molecule has 2 amide bonds. The van der Waals surface area contributed by atoms with Crippen molar-refractivity contribution in [1.29, 1.82) is 5.26 Å². The minimum atomic E-state index is -1.03. The van der Waals surface area contributed by atoms with Gasteiger partial charge >= 0.3 is 0 Å². The summed E-state index contributed by atoms with van der Waals surface area (Å²) in [5.41, 5.74) is 4.88. The topological polar surface area (TPSA) is 100 Å². The lowest BCUT2D eigenvalue weighted by Gasteiger charge is -2.18. The Hall–Kier alpha value is -3.60. The van der Waals surface area contributed by atoms with Gasteiger partial charge in [-0.25, -0.2) is 4.39 Å². The quantitative estimate of drug-likeness (QED) is 0.757. The number of nitrogens with one attached hydrogen (secondary N) is 2.